The molecule has 0 radical (unpaired) electrons. The van der Waals surface area contributed by atoms with Crippen LogP contribution in [-0.2, 0) is 22.5 Å². The van der Waals surface area contributed by atoms with Crippen molar-refractivity contribution in [3.05, 3.63) is 65.2 Å². The lowest BCUT2D eigenvalue weighted by Crippen LogP contribution is -2.23. The second-order valence-corrected chi connectivity index (χ2v) is 5.73. The molecule has 0 aliphatic rings. The van der Waals surface area contributed by atoms with E-state index in [-0.39, 0.29) is 17.9 Å². The number of nitrogens with one attached hydrogen (secondary N) is 1. The Balaban J connectivity index is 1.82. The third-order valence-corrected chi connectivity index (χ3v) is 3.81. The van der Waals surface area contributed by atoms with Crippen LogP contribution in [0.1, 0.15) is 27.9 Å². The largest absolute Gasteiger partial charge is 0.491 e. The Hall–Kier alpha value is -2.86. The number of hydrogen-bond acceptors (Lipinski definition) is 4. The predicted molar refractivity (Wildman–Crippen MR) is 97.4 cm³/mol. The minimum Gasteiger partial charge on any atom is -0.491 e. The van der Waals surface area contributed by atoms with E-state index in [1.165, 1.54) is 0 Å². The van der Waals surface area contributed by atoms with E-state index in [4.69, 9.17) is 14.6 Å². The molecule has 26 heavy (non-hydrogen) atoms. The number of carbonyl (C=O) groups excluding carboxylic acids is 1. The van der Waals surface area contributed by atoms with Crippen LogP contribution in [0, 0.1) is 0 Å². The standard InChI is InChI=1S/C20H23NO5/c1-25-11-12-26-17-7-4-5-15(13-17)14-21-19(22)10-9-16-6-2-3-8-18(16)20(23)24/h2-8,13H,9-12,14H2,1H3,(H,21,22)(H,23,24). The van der Waals surface area contributed by atoms with Crippen molar-refractivity contribution >= 4 is 11.9 Å². The average molecular weight is 357 g/mol. The summed E-state index contributed by atoms with van der Waals surface area (Å²) in [5.41, 5.74) is 1.82. The van der Waals surface area contributed by atoms with Crippen molar-refractivity contribution in [2.45, 2.75) is 19.4 Å². The van der Waals surface area contributed by atoms with Crippen molar-refractivity contribution in [1.29, 1.82) is 0 Å². The second kappa shape index (κ2) is 10.2. The molecular formula is C20H23NO5. The first-order valence-electron chi connectivity index (χ1n) is 8.38. The zero-order valence-electron chi connectivity index (χ0n) is 14.7. The van der Waals surface area contributed by atoms with Crippen LogP contribution in [0.2, 0.25) is 0 Å². The van der Waals surface area contributed by atoms with E-state index in [2.05, 4.69) is 5.32 Å². The van der Waals surface area contributed by atoms with Gasteiger partial charge in [0.1, 0.15) is 12.4 Å². The third-order valence-electron chi connectivity index (χ3n) is 3.81. The van der Waals surface area contributed by atoms with Gasteiger partial charge in [0.15, 0.2) is 0 Å². The highest BCUT2D eigenvalue weighted by Crippen LogP contribution is 2.14. The SMILES string of the molecule is COCCOc1cccc(CNC(=O)CCc2ccccc2C(=O)O)c1. The quantitative estimate of drug-likeness (QED) is 0.639. The smallest absolute Gasteiger partial charge is 0.335 e. The van der Waals surface area contributed by atoms with Crippen LogP contribution in [-0.4, -0.2) is 37.3 Å². The van der Waals surface area contributed by atoms with Crippen LogP contribution in [0.4, 0.5) is 0 Å². The number of carboxylic acid groups (broad SMARTS) is 1. The first kappa shape index (κ1) is 19.5. The van der Waals surface area contributed by atoms with Gasteiger partial charge >= 0.3 is 5.97 Å². The van der Waals surface area contributed by atoms with Gasteiger partial charge in [-0.3, -0.25) is 4.79 Å². The second-order valence-electron chi connectivity index (χ2n) is 5.73. The van der Waals surface area contributed by atoms with Crippen LogP contribution in [0.15, 0.2) is 48.5 Å². The highest BCUT2D eigenvalue weighted by molar-refractivity contribution is 5.89. The van der Waals surface area contributed by atoms with Crippen LogP contribution in [0.5, 0.6) is 5.75 Å². The number of carbonyl (C=O) groups is 2. The van der Waals surface area contributed by atoms with Crippen LogP contribution in [0.3, 0.4) is 0 Å². The molecule has 0 saturated heterocycles. The Morgan fingerprint density at radius 1 is 1.08 bits per heavy atom. The summed E-state index contributed by atoms with van der Waals surface area (Å²) in [7, 11) is 1.62. The summed E-state index contributed by atoms with van der Waals surface area (Å²) >= 11 is 0. The van der Waals surface area contributed by atoms with Gasteiger partial charge in [-0.15, -0.1) is 0 Å². The molecule has 0 saturated carbocycles. The van der Waals surface area contributed by atoms with E-state index in [1.807, 2.05) is 24.3 Å². The summed E-state index contributed by atoms with van der Waals surface area (Å²) in [6, 6.07) is 14.2. The summed E-state index contributed by atoms with van der Waals surface area (Å²) in [5, 5.41) is 12.0. The Morgan fingerprint density at radius 3 is 2.65 bits per heavy atom. The Labute approximate surface area is 152 Å². The maximum atomic E-state index is 12.1. The Kier molecular flexibility index (Phi) is 7.64. The molecule has 2 N–H and O–H groups in total. The monoisotopic (exact) mass is 357 g/mol. The fourth-order valence-electron chi connectivity index (χ4n) is 2.47. The van der Waals surface area contributed by atoms with E-state index in [0.29, 0.717) is 31.7 Å². The summed E-state index contributed by atoms with van der Waals surface area (Å²) in [4.78, 5) is 23.2. The molecular weight excluding hydrogens is 334 g/mol. The molecule has 2 rings (SSSR count). The molecule has 0 unspecified atom stereocenters. The molecule has 0 fully saturated rings. The van der Waals surface area contributed by atoms with Crippen molar-refractivity contribution in [2.75, 3.05) is 20.3 Å². The molecule has 0 aliphatic carbocycles. The van der Waals surface area contributed by atoms with E-state index >= 15 is 0 Å². The van der Waals surface area contributed by atoms with Gasteiger partial charge in [0, 0.05) is 20.1 Å². The minimum atomic E-state index is -0.980. The summed E-state index contributed by atoms with van der Waals surface area (Å²) < 4.78 is 10.5. The summed E-state index contributed by atoms with van der Waals surface area (Å²) in [5.74, 6) is -0.383. The molecule has 138 valence electrons. The minimum absolute atomic E-state index is 0.129. The topological polar surface area (TPSA) is 84.9 Å². The van der Waals surface area contributed by atoms with Gasteiger partial charge in [0.25, 0.3) is 0 Å². The molecule has 2 aromatic carbocycles. The average Bonchev–Trinajstić information content (AvgIpc) is 2.65. The van der Waals surface area contributed by atoms with E-state index in [0.717, 1.165) is 11.3 Å². The summed E-state index contributed by atoms with van der Waals surface area (Å²) in [6.45, 7) is 1.37. The number of aryl methyl sites for hydroxylation is 1. The first-order chi connectivity index (χ1) is 12.6. The molecule has 0 atom stereocenters. The van der Waals surface area contributed by atoms with E-state index in [1.54, 1.807) is 31.4 Å². The molecule has 0 aliphatic heterocycles. The molecule has 6 heteroatoms. The van der Waals surface area contributed by atoms with Gasteiger partial charge < -0.3 is 19.9 Å². The Morgan fingerprint density at radius 2 is 1.88 bits per heavy atom. The number of hydrogen-bond donors (Lipinski definition) is 2. The maximum absolute atomic E-state index is 12.1. The summed E-state index contributed by atoms with van der Waals surface area (Å²) in [6.07, 6.45) is 0.614. The highest BCUT2D eigenvalue weighted by atomic mass is 16.5. The zero-order chi connectivity index (χ0) is 18.8. The number of benzene rings is 2. The van der Waals surface area contributed by atoms with Crippen LogP contribution < -0.4 is 10.1 Å². The number of methoxy groups -OCH3 is 1. The van der Waals surface area contributed by atoms with Crippen molar-refractivity contribution < 1.29 is 24.2 Å². The van der Waals surface area contributed by atoms with Crippen molar-refractivity contribution in [2.24, 2.45) is 0 Å². The third kappa shape index (κ3) is 6.22. The lowest BCUT2D eigenvalue weighted by molar-refractivity contribution is -0.121. The van der Waals surface area contributed by atoms with Gasteiger partial charge in [-0.05, 0) is 35.7 Å². The molecule has 0 spiro atoms. The molecule has 0 bridgehead atoms. The number of carboxylic acids is 1. The van der Waals surface area contributed by atoms with E-state index < -0.39 is 5.97 Å². The van der Waals surface area contributed by atoms with Crippen molar-refractivity contribution in [1.82, 2.24) is 5.32 Å². The van der Waals surface area contributed by atoms with Crippen molar-refractivity contribution in [3.63, 3.8) is 0 Å². The number of amides is 1. The van der Waals surface area contributed by atoms with E-state index in [9.17, 15) is 9.59 Å². The Bertz CT molecular complexity index is 744. The normalized spacial score (nSPS) is 10.3. The zero-order valence-corrected chi connectivity index (χ0v) is 14.7. The van der Waals surface area contributed by atoms with Crippen LogP contribution in [0.25, 0.3) is 0 Å². The molecule has 0 heterocycles. The van der Waals surface area contributed by atoms with Crippen molar-refractivity contribution in [3.8, 4) is 5.75 Å². The van der Waals surface area contributed by atoms with Gasteiger partial charge in [-0.2, -0.15) is 0 Å². The highest BCUT2D eigenvalue weighted by Gasteiger charge is 2.10. The molecule has 6 nitrogen and oxygen atoms in total. The maximum Gasteiger partial charge on any atom is 0.335 e. The van der Waals surface area contributed by atoms with Gasteiger partial charge in [0.2, 0.25) is 5.91 Å². The fourth-order valence-corrected chi connectivity index (χ4v) is 2.47. The number of ether oxygens (including phenoxy) is 2. The molecule has 0 aromatic heterocycles. The lowest BCUT2D eigenvalue weighted by Gasteiger charge is -2.09. The fraction of sp³-hybridized carbons (Fsp3) is 0.300. The van der Waals surface area contributed by atoms with Gasteiger partial charge in [0.05, 0.1) is 12.2 Å². The molecule has 2 aromatic rings. The van der Waals surface area contributed by atoms with Crippen LogP contribution >= 0.6 is 0 Å². The number of aromatic carboxylic acids is 1. The van der Waals surface area contributed by atoms with Gasteiger partial charge in [-0.25, -0.2) is 4.79 Å². The first-order valence-corrected chi connectivity index (χ1v) is 8.38. The molecule has 1 amide bonds. The lowest BCUT2D eigenvalue weighted by atomic mass is 10.0. The number of rotatable bonds is 10. The predicted octanol–water partition coefficient (Wildman–Crippen LogP) is 2.66. The van der Waals surface area contributed by atoms with Gasteiger partial charge in [-0.1, -0.05) is 30.3 Å².